The van der Waals surface area contributed by atoms with Crippen LogP contribution in [0, 0.1) is 5.92 Å². The molecule has 34 heavy (non-hydrogen) atoms. The van der Waals surface area contributed by atoms with Gasteiger partial charge in [-0.25, -0.2) is 18.7 Å². The molecule has 0 amide bonds. The third-order valence-electron chi connectivity index (χ3n) is 6.76. The number of alkyl halides is 2. The Labute approximate surface area is 204 Å². The van der Waals surface area contributed by atoms with Crippen LogP contribution in [0.3, 0.4) is 0 Å². The molecule has 0 spiro atoms. The third kappa shape index (κ3) is 6.40. The van der Waals surface area contributed by atoms with Gasteiger partial charge in [-0.15, -0.1) is 0 Å². The van der Waals surface area contributed by atoms with Crippen molar-refractivity contribution in [2.75, 3.05) is 30.3 Å². The molecule has 0 aromatic carbocycles. The number of fused-ring (bicyclic) bond motifs is 1. The molecule has 6 nitrogen and oxygen atoms in total. The van der Waals surface area contributed by atoms with E-state index in [4.69, 9.17) is 9.72 Å². The van der Waals surface area contributed by atoms with Gasteiger partial charge in [-0.3, -0.25) is 4.79 Å². The van der Waals surface area contributed by atoms with Crippen LogP contribution in [0.1, 0.15) is 77.7 Å². The van der Waals surface area contributed by atoms with E-state index in [0.29, 0.717) is 48.9 Å². The summed E-state index contributed by atoms with van der Waals surface area (Å²) in [7, 11) is 0. The number of esters is 1. The zero-order chi connectivity index (χ0) is 24.1. The minimum Gasteiger partial charge on any atom is -0.465 e. The molecule has 1 saturated carbocycles. The molecule has 188 valence electrons. The van der Waals surface area contributed by atoms with Gasteiger partial charge in [0.05, 0.1) is 37.0 Å². The van der Waals surface area contributed by atoms with Crippen molar-refractivity contribution >= 4 is 34.5 Å². The van der Waals surface area contributed by atoms with Gasteiger partial charge in [-0.2, -0.15) is 0 Å². The molecule has 2 fully saturated rings. The Morgan fingerprint density at radius 2 is 2.18 bits per heavy atom. The van der Waals surface area contributed by atoms with Crippen LogP contribution in [0.15, 0.2) is 17.6 Å². The molecular formula is C25H36F2N4O2S. The number of unbranched alkanes of at least 4 members (excludes halogenated alkanes) is 1. The molecule has 0 bridgehead atoms. The van der Waals surface area contributed by atoms with Gasteiger partial charge in [0, 0.05) is 31.0 Å². The summed E-state index contributed by atoms with van der Waals surface area (Å²) in [6.45, 7) is 5.12. The molecule has 2 aromatic rings. The number of piperidine rings is 1. The summed E-state index contributed by atoms with van der Waals surface area (Å²) < 4.78 is 35.8. The fourth-order valence-electron chi connectivity index (χ4n) is 4.53. The molecule has 3 heterocycles. The summed E-state index contributed by atoms with van der Waals surface area (Å²) >= 11 is 1.41. The van der Waals surface area contributed by atoms with Crippen molar-refractivity contribution in [3.05, 3.63) is 12.4 Å². The van der Waals surface area contributed by atoms with Gasteiger partial charge in [0.25, 0.3) is 5.92 Å². The lowest BCUT2D eigenvalue weighted by Crippen LogP contribution is -2.42. The van der Waals surface area contributed by atoms with Crippen molar-refractivity contribution in [2.45, 2.75) is 88.8 Å². The van der Waals surface area contributed by atoms with Gasteiger partial charge in [0.15, 0.2) is 5.16 Å². The number of hydrogen-bond donors (Lipinski definition) is 0. The van der Waals surface area contributed by atoms with Crippen molar-refractivity contribution in [2.24, 2.45) is 5.92 Å². The van der Waals surface area contributed by atoms with E-state index in [0.717, 1.165) is 55.2 Å². The van der Waals surface area contributed by atoms with Crippen LogP contribution in [-0.2, 0) is 9.53 Å². The number of halogens is 2. The van der Waals surface area contributed by atoms with Crippen LogP contribution in [-0.4, -0.2) is 51.9 Å². The Morgan fingerprint density at radius 3 is 2.88 bits per heavy atom. The summed E-state index contributed by atoms with van der Waals surface area (Å²) in [4.78, 5) is 23.2. The highest BCUT2D eigenvalue weighted by molar-refractivity contribution is 7.99. The minimum atomic E-state index is -2.68. The van der Waals surface area contributed by atoms with E-state index in [2.05, 4.69) is 23.4 Å². The summed E-state index contributed by atoms with van der Waals surface area (Å²) in [5.74, 6) is -1.92. The summed E-state index contributed by atoms with van der Waals surface area (Å²) in [6.07, 6.45) is 11.1. The lowest BCUT2D eigenvalue weighted by molar-refractivity contribution is -0.144. The quantitative estimate of drug-likeness (QED) is 0.198. The highest BCUT2D eigenvalue weighted by atomic mass is 32.2. The zero-order valence-corrected chi connectivity index (χ0v) is 21.1. The van der Waals surface area contributed by atoms with Gasteiger partial charge >= 0.3 is 5.97 Å². The van der Waals surface area contributed by atoms with Crippen molar-refractivity contribution in [1.29, 1.82) is 0 Å². The second-order valence-corrected chi connectivity index (χ2v) is 10.7. The van der Waals surface area contributed by atoms with E-state index >= 15 is 0 Å². The first-order valence-corrected chi connectivity index (χ1v) is 13.7. The smallest absolute Gasteiger partial charge is 0.306 e. The standard InChI is InChI=1S/C25H36F2N4O2S/c1-3-5-7-18(4-2)16-33-22(32)10-13-34-24-28-14-20-23(29-24)21(15-31(20)19-8-9-19)30-12-6-11-25(26,27)17-30/h14-15,18-19H,3-13,16-17H2,1-2H3. The molecule has 2 aliphatic rings. The van der Waals surface area contributed by atoms with Gasteiger partial charge in [-0.05, 0) is 31.6 Å². The number of hydrogen-bond acceptors (Lipinski definition) is 6. The van der Waals surface area contributed by atoms with E-state index < -0.39 is 5.92 Å². The topological polar surface area (TPSA) is 60.2 Å². The number of carbonyl (C=O) groups is 1. The average molecular weight is 495 g/mol. The monoisotopic (exact) mass is 494 g/mol. The molecule has 9 heteroatoms. The molecule has 1 aliphatic carbocycles. The van der Waals surface area contributed by atoms with E-state index in [1.165, 1.54) is 11.8 Å². The molecule has 1 saturated heterocycles. The molecule has 1 aliphatic heterocycles. The first-order valence-electron chi connectivity index (χ1n) is 12.7. The maximum atomic E-state index is 14.1. The summed E-state index contributed by atoms with van der Waals surface area (Å²) in [6, 6.07) is 0.405. The number of nitrogens with zero attached hydrogens (tertiary/aromatic N) is 4. The summed E-state index contributed by atoms with van der Waals surface area (Å²) in [5, 5.41) is 0.563. The van der Waals surface area contributed by atoms with Crippen LogP contribution in [0.2, 0.25) is 0 Å². The molecule has 2 aromatic heterocycles. The SMILES string of the molecule is CCCCC(CC)COC(=O)CCSc1ncc2c(n1)c(N1CCCC(F)(F)C1)cn2C1CC1. The van der Waals surface area contributed by atoms with Crippen molar-refractivity contribution in [1.82, 2.24) is 14.5 Å². The fraction of sp³-hybridized carbons (Fsp3) is 0.720. The van der Waals surface area contributed by atoms with E-state index in [1.807, 2.05) is 6.20 Å². The number of carbonyl (C=O) groups excluding carboxylic acids is 1. The van der Waals surface area contributed by atoms with Crippen LogP contribution in [0.4, 0.5) is 14.5 Å². The number of thioether (sulfide) groups is 1. The van der Waals surface area contributed by atoms with Crippen LogP contribution in [0.5, 0.6) is 0 Å². The number of rotatable bonds is 12. The first kappa shape index (κ1) is 25.2. The molecule has 4 rings (SSSR count). The maximum absolute atomic E-state index is 14.1. The van der Waals surface area contributed by atoms with Gasteiger partial charge in [-0.1, -0.05) is 44.9 Å². The van der Waals surface area contributed by atoms with E-state index in [9.17, 15) is 13.6 Å². The number of ether oxygens (including phenoxy) is 1. The predicted molar refractivity (Wildman–Crippen MR) is 132 cm³/mol. The highest BCUT2D eigenvalue weighted by Gasteiger charge is 2.37. The highest BCUT2D eigenvalue weighted by Crippen LogP contribution is 2.42. The van der Waals surface area contributed by atoms with Crippen molar-refractivity contribution < 1.29 is 18.3 Å². The van der Waals surface area contributed by atoms with E-state index in [1.54, 1.807) is 11.1 Å². The van der Waals surface area contributed by atoms with Gasteiger partial charge < -0.3 is 14.2 Å². The minimum absolute atomic E-state index is 0.0610. The third-order valence-corrected chi connectivity index (χ3v) is 7.63. The van der Waals surface area contributed by atoms with E-state index in [-0.39, 0.29) is 18.9 Å². The molecule has 1 atom stereocenters. The molecule has 1 unspecified atom stereocenters. The second kappa shape index (κ2) is 11.2. The summed E-state index contributed by atoms with van der Waals surface area (Å²) in [5.41, 5.74) is 2.39. The number of anilines is 1. The average Bonchev–Trinajstić information content (AvgIpc) is 3.59. The lowest BCUT2D eigenvalue weighted by Gasteiger charge is -2.33. The lowest BCUT2D eigenvalue weighted by atomic mass is 10.0. The Kier molecular flexibility index (Phi) is 8.32. The molecular weight excluding hydrogens is 458 g/mol. The molecule has 0 N–H and O–H groups in total. The largest absolute Gasteiger partial charge is 0.465 e. The molecule has 0 radical (unpaired) electrons. The zero-order valence-electron chi connectivity index (χ0n) is 20.3. The normalized spacial score (nSPS) is 18.9. The Bertz CT molecular complexity index is 979. The second-order valence-electron chi connectivity index (χ2n) is 9.62. The van der Waals surface area contributed by atoms with Crippen molar-refractivity contribution in [3.63, 3.8) is 0 Å². The van der Waals surface area contributed by atoms with Gasteiger partial charge in [0.1, 0.15) is 5.52 Å². The van der Waals surface area contributed by atoms with Crippen LogP contribution >= 0.6 is 11.8 Å². The maximum Gasteiger partial charge on any atom is 0.306 e. The van der Waals surface area contributed by atoms with Crippen LogP contribution < -0.4 is 4.90 Å². The Morgan fingerprint density at radius 1 is 1.35 bits per heavy atom. The van der Waals surface area contributed by atoms with Crippen LogP contribution in [0.25, 0.3) is 11.0 Å². The van der Waals surface area contributed by atoms with Gasteiger partial charge in [0.2, 0.25) is 0 Å². The fourth-order valence-corrected chi connectivity index (χ4v) is 5.27. The predicted octanol–water partition coefficient (Wildman–Crippen LogP) is 6.24. The Hall–Kier alpha value is -1.90. The van der Waals surface area contributed by atoms with Crippen molar-refractivity contribution in [3.8, 4) is 0 Å². The number of aromatic nitrogens is 3. The first-order chi connectivity index (χ1) is 16.4. The Balaban J connectivity index is 1.38.